The van der Waals surface area contributed by atoms with Crippen LogP contribution >= 0.6 is 0 Å². The van der Waals surface area contributed by atoms with Gasteiger partial charge >= 0.3 is 5.69 Å². The Hall–Kier alpha value is -3.16. The van der Waals surface area contributed by atoms with Gasteiger partial charge in [0.1, 0.15) is 6.26 Å². The highest BCUT2D eigenvalue weighted by Gasteiger charge is 2.14. The Morgan fingerprint density at radius 2 is 2.10 bits per heavy atom. The summed E-state index contributed by atoms with van der Waals surface area (Å²) in [6.07, 6.45) is 1.90. The van der Waals surface area contributed by atoms with Gasteiger partial charge in [0.25, 0.3) is 5.89 Å². The maximum Gasteiger partial charge on any atom is 0.323 e. The first-order valence-corrected chi connectivity index (χ1v) is 6.23. The molecule has 0 unspecified atom stereocenters. The van der Waals surface area contributed by atoms with Crippen LogP contribution in [-0.2, 0) is 6.42 Å². The Morgan fingerprint density at radius 3 is 2.95 bits per heavy atom. The Balaban J connectivity index is 1.75. The molecule has 1 aromatic carbocycles. The van der Waals surface area contributed by atoms with Gasteiger partial charge in [-0.3, -0.25) is 0 Å². The summed E-state index contributed by atoms with van der Waals surface area (Å²) in [6.45, 7) is 0. The molecule has 4 aromatic rings. The average Bonchev–Trinajstić information content (AvgIpc) is 3.18. The zero-order valence-corrected chi connectivity index (χ0v) is 10.7. The van der Waals surface area contributed by atoms with E-state index in [2.05, 4.69) is 25.3 Å². The minimum Gasteiger partial charge on any atom is -0.364 e. The van der Waals surface area contributed by atoms with Crippen molar-refractivity contribution in [3.8, 4) is 11.5 Å². The van der Waals surface area contributed by atoms with Crippen LogP contribution < -0.4 is 5.69 Å². The minimum absolute atomic E-state index is 0.278. The highest BCUT2D eigenvalue weighted by Crippen LogP contribution is 2.24. The lowest BCUT2D eigenvalue weighted by Crippen LogP contribution is -1.99. The number of hydrogen-bond donors (Lipinski definition) is 2. The summed E-state index contributed by atoms with van der Waals surface area (Å²) in [6, 6.07) is 7.15. The van der Waals surface area contributed by atoms with Crippen molar-refractivity contribution < 1.29 is 9.05 Å². The Labute approximate surface area is 116 Å². The second-order valence-corrected chi connectivity index (χ2v) is 4.49. The Kier molecular flexibility index (Phi) is 2.46. The van der Waals surface area contributed by atoms with Crippen molar-refractivity contribution >= 4 is 11.0 Å². The quantitative estimate of drug-likeness (QED) is 0.588. The molecule has 0 bridgehead atoms. The first-order valence-electron chi connectivity index (χ1n) is 6.23. The monoisotopic (exact) mass is 283 g/mol. The third-order valence-corrected chi connectivity index (χ3v) is 3.08. The van der Waals surface area contributed by atoms with Crippen LogP contribution in [0.5, 0.6) is 0 Å². The molecule has 4 rings (SSSR count). The number of rotatable bonds is 3. The fourth-order valence-electron chi connectivity index (χ4n) is 2.16. The number of fused-ring (bicyclic) bond motifs is 1. The van der Waals surface area contributed by atoms with Gasteiger partial charge in [0.15, 0.2) is 5.82 Å². The molecule has 0 spiro atoms. The van der Waals surface area contributed by atoms with Crippen molar-refractivity contribution in [1.29, 1.82) is 0 Å². The average molecular weight is 283 g/mol. The van der Waals surface area contributed by atoms with E-state index in [-0.39, 0.29) is 5.69 Å². The van der Waals surface area contributed by atoms with Crippen molar-refractivity contribution in [3.05, 3.63) is 52.5 Å². The number of imidazole rings is 1. The van der Waals surface area contributed by atoms with E-state index in [0.717, 1.165) is 5.69 Å². The van der Waals surface area contributed by atoms with E-state index < -0.39 is 0 Å². The molecule has 3 aromatic heterocycles. The Morgan fingerprint density at radius 1 is 1.14 bits per heavy atom. The van der Waals surface area contributed by atoms with Gasteiger partial charge in [0.2, 0.25) is 0 Å². The molecule has 104 valence electrons. The summed E-state index contributed by atoms with van der Waals surface area (Å²) in [5.41, 5.74) is 2.44. The van der Waals surface area contributed by atoms with Crippen LogP contribution in [0.4, 0.5) is 0 Å². The molecule has 0 aliphatic heterocycles. The summed E-state index contributed by atoms with van der Waals surface area (Å²) in [7, 11) is 0. The van der Waals surface area contributed by atoms with Crippen molar-refractivity contribution in [2.45, 2.75) is 6.42 Å². The molecule has 0 fully saturated rings. The van der Waals surface area contributed by atoms with Gasteiger partial charge in [-0.1, -0.05) is 16.4 Å². The minimum atomic E-state index is -0.278. The Bertz CT molecular complexity index is 948. The van der Waals surface area contributed by atoms with Crippen molar-refractivity contribution in [1.82, 2.24) is 25.3 Å². The highest BCUT2D eigenvalue weighted by molar-refractivity contribution is 5.88. The molecule has 0 amide bonds. The first kappa shape index (κ1) is 11.6. The molecule has 8 heteroatoms. The number of nitrogens with zero attached hydrogens (tertiary/aromatic N) is 3. The molecule has 0 aliphatic carbocycles. The SMILES string of the molecule is O=c1[nH]c2cccc(-c3nc(Cc4ccon4)no3)c2[nH]1. The van der Waals surface area contributed by atoms with Gasteiger partial charge in [-0.25, -0.2) is 4.79 Å². The fourth-order valence-corrected chi connectivity index (χ4v) is 2.16. The number of nitrogens with one attached hydrogen (secondary N) is 2. The maximum atomic E-state index is 11.4. The van der Waals surface area contributed by atoms with E-state index >= 15 is 0 Å². The molecule has 0 aliphatic rings. The predicted molar refractivity (Wildman–Crippen MR) is 71.5 cm³/mol. The van der Waals surface area contributed by atoms with E-state index in [0.29, 0.717) is 34.7 Å². The zero-order chi connectivity index (χ0) is 14.2. The van der Waals surface area contributed by atoms with Crippen LogP contribution in [0.1, 0.15) is 11.5 Å². The summed E-state index contributed by atoms with van der Waals surface area (Å²) < 4.78 is 10.0. The van der Waals surface area contributed by atoms with Crippen molar-refractivity contribution in [2.75, 3.05) is 0 Å². The highest BCUT2D eigenvalue weighted by atomic mass is 16.5. The first-order chi connectivity index (χ1) is 10.3. The standard InChI is InChI=1S/C13H9N5O3/c19-13-14-9-3-1-2-8(11(9)16-13)12-15-10(18-21-12)6-7-4-5-20-17-7/h1-5H,6H2,(H2,14,16,19). The lowest BCUT2D eigenvalue weighted by atomic mass is 10.2. The van der Waals surface area contributed by atoms with Crippen LogP contribution in [0.25, 0.3) is 22.5 Å². The van der Waals surface area contributed by atoms with Crippen LogP contribution in [-0.4, -0.2) is 25.3 Å². The van der Waals surface area contributed by atoms with Crippen LogP contribution in [0.2, 0.25) is 0 Å². The number of hydrogen-bond acceptors (Lipinski definition) is 6. The van der Waals surface area contributed by atoms with Gasteiger partial charge in [-0.15, -0.1) is 0 Å². The molecule has 2 N–H and O–H groups in total. The summed E-state index contributed by atoms with van der Waals surface area (Å²) in [4.78, 5) is 21.1. The number of benzene rings is 1. The summed E-state index contributed by atoms with van der Waals surface area (Å²) in [5, 5.41) is 7.71. The lowest BCUT2D eigenvalue weighted by Gasteiger charge is -1.95. The van der Waals surface area contributed by atoms with E-state index in [1.165, 1.54) is 6.26 Å². The lowest BCUT2D eigenvalue weighted by molar-refractivity contribution is 0.408. The van der Waals surface area contributed by atoms with Crippen LogP contribution in [0, 0.1) is 0 Å². The van der Waals surface area contributed by atoms with E-state index in [1.807, 2.05) is 6.07 Å². The molecule has 0 saturated carbocycles. The normalized spacial score (nSPS) is 11.2. The second-order valence-electron chi connectivity index (χ2n) is 4.49. The molecular formula is C13H9N5O3. The molecule has 0 saturated heterocycles. The van der Waals surface area contributed by atoms with Gasteiger partial charge in [-0.05, 0) is 12.1 Å². The molecule has 0 atom stereocenters. The zero-order valence-electron chi connectivity index (χ0n) is 10.7. The molecular weight excluding hydrogens is 274 g/mol. The van der Waals surface area contributed by atoms with E-state index in [1.54, 1.807) is 18.2 Å². The predicted octanol–water partition coefficient (Wildman–Crippen LogP) is 1.48. The van der Waals surface area contributed by atoms with Gasteiger partial charge < -0.3 is 19.0 Å². The van der Waals surface area contributed by atoms with Crippen LogP contribution in [0.3, 0.4) is 0 Å². The van der Waals surface area contributed by atoms with Crippen molar-refractivity contribution in [2.24, 2.45) is 0 Å². The third kappa shape index (κ3) is 2.02. The number of aromatic amines is 2. The van der Waals surface area contributed by atoms with Gasteiger partial charge in [-0.2, -0.15) is 4.98 Å². The van der Waals surface area contributed by atoms with E-state index in [9.17, 15) is 4.79 Å². The largest absolute Gasteiger partial charge is 0.364 e. The van der Waals surface area contributed by atoms with Crippen molar-refractivity contribution in [3.63, 3.8) is 0 Å². The molecule has 3 heterocycles. The third-order valence-electron chi connectivity index (χ3n) is 3.08. The van der Waals surface area contributed by atoms with E-state index in [4.69, 9.17) is 9.05 Å². The van der Waals surface area contributed by atoms with Gasteiger partial charge in [0, 0.05) is 6.07 Å². The number of aromatic nitrogens is 5. The molecule has 0 radical (unpaired) electrons. The fraction of sp³-hybridized carbons (Fsp3) is 0.0769. The number of para-hydroxylation sites is 1. The smallest absolute Gasteiger partial charge is 0.323 e. The topological polar surface area (TPSA) is 114 Å². The summed E-state index contributed by atoms with van der Waals surface area (Å²) >= 11 is 0. The van der Waals surface area contributed by atoms with Gasteiger partial charge in [0.05, 0.1) is 28.7 Å². The summed E-state index contributed by atoms with van der Waals surface area (Å²) in [5.74, 6) is 0.836. The van der Waals surface area contributed by atoms with Crippen LogP contribution in [0.15, 0.2) is 44.4 Å². The number of H-pyrrole nitrogens is 2. The molecule has 21 heavy (non-hydrogen) atoms. The maximum absolute atomic E-state index is 11.4. The second kappa shape index (κ2) is 4.44. The molecule has 8 nitrogen and oxygen atoms in total.